The van der Waals surface area contributed by atoms with Crippen LogP contribution in [0.15, 0.2) is 42.5 Å². The van der Waals surface area contributed by atoms with Gasteiger partial charge in [-0.3, -0.25) is 14.9 Å². The third-order valence-corrected chi connectivity index (χ3v) is 2.89. The molecule has 0 aliphatic rings. The van der Waals surface area contributed by atoms with E-state index in [4.69, 9.17) is 16.3 Å². The summed E-state index contributed by atoms with van der Waals surface area (Å²) in [4.78, 5) is 21.8. The molecule has 0 spiro atoms. The summed E-state index contributed by atoms with van der Waals surface area (Å²) in [5, 5.41) is 13.1. The van der Waals surface area contributed by atoms with Crippen LogP contribution < -0.4 is 10.1 Å². The maximum atomic E-state index is 12.9. The number of hydrogen-bond donors (Lipinski definition) is 1. The number of hydrogen-bond acceptors (Lipinski definition) is 4. The lowest BCUT2D eigenvalue weighted by atomic mass is 10.3. The quantitative estimate of drug-likeness (QED) is 0.675. The third-order valence-electron chi connectivity index (χ3n) is 2.59. The summed E-state index contributed by atoms with van der Waals surface area (Å²) in [5.41, 5.74) is 0.133. The molecule has 0 aromatic heterocycles. The molecule has 0 unspecified atom stereocenters. The van der Waals surface area contributed by atoms with E-state index in [0.29, 0.717) is 0 Å². The molecule has 6 nitrogen and oxygen atoms in total. The second-order valence-electron chi connectivity index (χ2n) is 4.22. The molecule has 0 aliphatic carbocycles. The number of benzene rings is 2. The summed E-state index contributed by atoms with van der Waals surface area (Å²) in [5.74, 6) is -0.878. The first kappa shape index (κ1) is 15.7. The summed E-state index contributed by atoms with van der Waals surface area (Å²) >= 11 is 5.76. The minimum atomic E-state index is -0.565. The number of carbonyl (C=O) groups excluding carboxylic acids is 1. The Morgan fingerprint density at radius 3 is 2.77 bits per heavy atom. The van der Waals surface area contributed by atoms with Gasteiger partial charge in [-0.05, 0) is 24.3 Å². The van der Waals surface area contributed by atoms with Gasteiger partial charge in [0.25, 0.3) is 11.6 Å². The molecular formula is C14H10ClFN2O4. The van der Waals surface area contributed by atoms with Crippen LogP contribution in [0.5, 0.6) is 5.75 Å². The molecule has 0 saturated carbocycles. The zero-order valence-electron chi connectivity index (χ0n) is 11.1. The van der Waals surface area contributed by atoms with Crippen LogP contribution in [-0.2, 0) is 4.79 Å². The number of nitro benzene ring substituents is 1. The van der Waals surface area contributed by atoms with Crippen molar-refractivity contribution in [1.82, 2.24) is 0 Å². The molecule has 1 amide bonds. The van der Waals surface area contributed by atoms with Crippen LogP contribution in [0.25, 0.3) is 0 Å². The zero-order valence-corrected chi connectivity index (χ0v) is 11.8. The number of ether oxygens (including phenoxy) is 1. The number of anilines is 1. The Morgan fingerprint density at radius 1 is 1.32 bits per heavy atom. The molecule has 0 radical (unpaired) electrons. The van der Waals surface area contributed by atoms with Crippen LogP contribution in [0, 0.1) is 15.9 Å². The number of non-ortho nitro benzene ring substituents is 1. The van der Waals surface area contributed by atoms with Gasteiger partial charge in [-0.25, -0.2) is 4.39 Å². The lowest BCUT2D eigenvalue weighted by molar-refractivity contribution is -0.384. The van der Waals surface area contributed by atoms with Crippen molar-refractivity contribution in [2.24, 2.45) is 0 Å². The van der Waals surface area contributed by atoms with E-state index in [2.05, 4.69) is 5.32 Å². The van der Waals surface area contributed by atoms with Gasteiger partial charge in [0.15, 0.2) is 6.61 Å². The lowest BCUT2D eigenvalue weighted by Crippen LogP contribution is -2.20. The third kappa shape index (κ3) is 4.16. The van der Waals surface area contributed by atoms with Gasteiger partial charge in [0.05, 0.1) is 9.95 Å². The van der Waals surface area contributed by atoms with Crippen molar-refractivity contribution in [1.29, 1.82) is 0 Å². The molecule has 2 rings (SSSR count). The van der Waals surface area contributed by atoms with Crippen molar-refractivity contribution < 1.29 is 18.8 Å². The first-order chi connectivity index (χ1) is 10.5. The zero-order chi connectivity index (χ0) is 16.1. The molecule has 2 aromatic carbocycles. The molecule has 2 aromatic rings. The van der Waals surface area contributed by atoms with Gasteiger partial charge in [0, 0.05) is 17.8 Å². The standard InChI is InChI=1S/C14H10ClFN2O4/c15-12-6-9(16)4-5-13(12)22-8-14(19)17-10-2-1-3-11(7-10)18(20)21/h1-7H,8H2,(H,17,19). The molecule has 0 atom stereocenters. The maximum Gasteiger partial charge on any atom is 0.271 e. The van der Waals surface area contributed by atoms with Gasteiger partial charge in [-0.1, -0.05) is 17.7 Å². The van der Waals surface area contributed by atoms with Crippen LogP contribution in [0.2, 0.25) is 5.02 Å². The van der Waals surface area contributed by atoms with Gasteiger partial charge in [-0.15, -0.1) is 0 Å². The summed E-state index contributed by atoms with van der Waals surface area (Å²) in [6, 6.07) is 9.02. The van der Waals surface area contributed by atoms with Crippen molar-refractivity contribution >= 4 is 28.9 Å². The summed E-state index contributed by atoms with van der Waals surface area (Å²) in [7, 11) is 0. The fraction of sp³-hybridized carbons (Fsp3) is 0.0714. The number of carbonyl (C=O) groups is 1. The highest BCUT2D eigenvalue weighted by Gasteiger charge is 2.10. The SMILES string of the molecule is O=C(COc1ccc(F)cc1Cl)Nc1cccc([N+](=O)[O-])c1. The molecule has 8 heteroatoms. The molecule has 1 N–H and O–H groups in total. The minimum absolute atomic E-state index is 0.0446. The Morgan fingerprint density at radius 2 is 2.09 bits per heavy atom. The average Bonchev–Trinajstić information content (AvgIpc) is 2.46. The van der Waals surface area contributed by atoms with Crippen LogP contribution in [0.3, 0.4) is 0 Å². The molecule has 0 saturated heterocycles. The number of nitro groups is 1. The van der Waals surface area contributed by atoms with E-state index in [9.17, 15) is 19.3 Å². The first-order valence-electron chi connectivity index (χ1n) is 6.08. The molecule has 114 valence electrons. The fourth-order valence-corrected chi connectivity index (χ4v) is 1.85. The molecular weight excluding hydrogens is 315 g/mol. The number of nitrogens with zero attached hydrogens (tertiary/aromatic N) is 1. The smallest absolute Gasteiger partial charge is 0.271 e. The second-order valence-corrected chi connectivity index (χ2v) is 4.63. The van der Waals surface area contributed by atoms with Gasteiger partial charge in [-0.2, -0.15) is 0 Å². The topological polar surface area (TPSA) is 81.5 Å². The summed E-state index contributed by atoms with van der Waals surface area (Å²) in [6.07, 6.45) is 0. The van der Waals surface area contributed by atoms with Crippen LogP contribution in [0.4, 0.5) is 15.8 Å². The number of halogens is 2. The summed E-state index contributed by atoms with van der Waals surface area (Å²) in [6.45, 7) is -0.367. The van der Waals surface area contributed by atoms with Crippen molar-refractivity contribution in [2.45, 2.75) is 0 Å². The highest BCUT2D eigenvalue weighted by molar-refractivity contribution is 6.32. The normalized spacial score (nSPS) is 10.1. The van der Waals surface area contributed by atoms with Gasteiger partial charge in [0.1, 0.15) is 11.6 Å². The van der Waals surface area contributed by atoms with E-state index >= 15 is 0 Å². The number of nitrogens with one attached hydrogen (secondary N) is 1. The largest absolute Gasteiger partial charge is 0.482 e. The highest BCUT2D eigenvalue weighted by atomic mass is 35.5. The van der Waals surface area contributed by atoms with Crippen LogP contribution in [0.1, 0.15) is 0 Å². The van der Waals surface area contributed by atoms with E-state index in [1.54, 1.807) is 0 Å². The van der Waals surface area contributed by atoms with Crippen LogP contribution >= 0.6 is 11.6 Å². The summed E-state index contributed by atoms with van der Waals surface area (Å²) < 4.78 is 18.0. The minimum Gasteiger partial charge on any atom is -0.482 e. The second kappa shape index (κ2) is 6.86. The van der Waals surface area contributed by atoms with Crippen molar-refractivity contribution in [2.75, 3.05) is 11.9 Å². The van der Waals surface area contributed by atoms with Crippen molar-refractivity contribution in [3.63, 3.8) is 0 Å². The van der Waals surface area contributed by atoms with E-state index in [1.165, 1.54) is 30.3 Å². The van der Waals surface area contributed by atoms with E-state index in [-0.39, 0.29) is 28.8 Å². The number of rotatable bonds is 5. The lowest BCUT2D eigenvalue weighted by Gasteiger charge is -2.08. The van der Waals surface area contributed by atoms with Crippen molar-refractivity contribution in [3.05, 3.63) is 63.4 Å². The molecule has 0 heterocycles. The van der Waals surface area contributed by atoms with E-state index < -0.39 is 16.6 Å². The Balaban J connectivity index is 1.95. The average molecular weight is 325 g/mol. The molecule has 0 fully saturated rings. The molecule has 22 heavy (non-hydrogen) atoms. The van der Waals surface area contributed by atoms with Gasteiger partial charge < -0.3 is 10.1 Å². The van der Waals surface area contributed by atoms with Crippen molar-refractivity contribution in [3.8, 4) is 5.75 Å². The Bertz CT molecular complexity index is 724. The van der Waals surface area contributed by atoms with E-state index in [0.717, 1.165) is 12.1 Å². The monoisotopic (exact) mass is 324 g/mol. The predicted molar refractivity (Wildman–Crippen MR) is 78.6 cm³/mol. The Hall–Kier alpha value is -2.67. The number of amides is 1. The first-order valence-corrected chi connectivity index (χ1v) is 6.45. The highest BCUT2D eigenvalue weighted by Crippen LogP contribution is 2.24. The van der Waals surface area contributed by atoms with Gasteiger partial charge >= 0.3 is 0 Å². The Labute approximate surface area is 129 Å². The molecule has 0 bridgehead atoms. The van der Waals surface area contributed by atoms with Gasteiger partial charge in [0.2, 0.25) is 0 Å². The Kier molecular flexibility index (Phi) is 4.90. The van der Waals surface area contributed by atoms with E-state index in [1.807, 2.05) is 0 Å². The molecule has 0 aliphatic heterocycles. The van der Waals surface area contributed by atoms with Crippen LogP contribution in [-0.4, -0.2) is 17.4 Å². The maximum absolute atomic E-state index is 12.9. The fourth-order valence-electron chi connectivity index (χ4n) is 1.63. The predicted octanol–water partition coefficient (Wildman–Crippen LogP) is 3.40.